The van der Waals surface area contributed by atoms with Crippen molar-refractivity contribution in [2.45, 2.75) is 31.6 Å². The lowest BCUT2D eigenvalue weighted by molar-refractivity contribution is -0.143. The summed E-state index contributed by atoms with van der Waals surface area (Å²) in [7, 11) is -3.68. The van der Waals surface area contributed by atoms with Gasteiger partial charge in [0.15, 0.2) is 0 Å². The van der Waals surface area contributed by atoms with Gasteiger partial charge in [0.2, 0.25) is 10.0 Å². The van der Waals surface area contributed by atoms with E-state index in [1.54, 1.807) is 37.3 Å². The molecule has 18 heavy (non-hydrogen) atoms. The van der Waals surface area contributed by atoms with Crippen LogP contribution in [0, 0.1) is 0 Å². The van der Waals surface area contributed by atoms with Crippen LogP contribution in [-0.4, -0.2) is 25.0 Å². The number of sulfonamides is 1. The largest absolute Gasteiger partial charge is 0.480 e. The molecule has 0 heterocycles. The summed E-state index contributed by atoms with van der Waals surface area (Å²) in [6.45, 7) is 2.98. The molecule has 0 aromatic heterocycles. The number of hydrogen-bond donors (Lipinski definition) is 2. The van der Waals surface area contributed by atoms with Gasteiger partial charge in [0.1, 0.15) is 5.54 Å². The highest BCUT2D eigenvalue weighted by Crippen LogP contribution is 2.13. The maximum absolute atomic E-state index is 11.9. The lowest BCUT2D eigenvalue weighted by Crippen LogP contribution is -2.51. The van der Waals surface area contributed by atoms with Gasteiger partial charge in [-0.05, 0) is 18.9 Å². The number of nitrogens with one attached hydrogen (secondary N) is 1. The van der Waals surface area contributed by atoms with Crippen LogP contribution >= 0.6 is 0 Å². The molecule has 0 aliphatic heterocycles. The topological polar surface area (TPSA) is 83.5 Å². The summed E-state index contributed by atoms with van der Waals surface area (Å²) in [5.74, 6) is -1.40. The first kappa shape index (κ1) is 14.7. The molecule has 0 saturated heterocycles. The van der Waals surface area contributed by atoms with Crippen LogP contribution in [0.15, 0.2) is 30.3 Å². The monoisotopic (exact) mass is 271 g/mol. The van der Waals surface area contributed by atoms with E-state index in [1.807, 2.05) is 0 Å². The Balaban J connectivity index is 2.86. The SMILES string of the molecule is CCC(C)(NS(=O)(=O)Cc1ccccc1)C(=O)O. The molecular formula is C12H17NO4S. The third kappa shape index (κ3) is 3.82. The summed E-state index contributed by atoms with van der Waals surface area (Å²) in [6.07, 6.45) is 0.177. The lowest BCUT2D eigenvalue weighted by Gasteiger charge is -2.24. The second kappa shape index (κ2) is 5.49. The molecule has 0 amide bonds. The Morgan fingerprint density at radius 1 is 1.33 bits per heavy atom. The Bertz CT molecular complexity index is 512. The molecule has 2 N–H and O–H groups in total. The van der Waals surface area contributed by atoms with Gasteiger partial charge < -0.3 is 5.11 Å². The average molecular weight is 271 g/mol. The smallest absolute Gasteiger partial charge is 0.324 e. The quantitative estimate of drug-likeness (QED) is 0.818. The van der Waals surface area contributed by atoms with E-state index in [9.17, 15) is 13.2 Å². The summed E-state index contributed by atoms with van der Waals surface area (Å²) in [5.41, 5.74) is -0.845. The molecule has 0 spiro atoms. The highest BCUT2D eigenvalue weighted by molar-refractivity contribution is 7.88. The minimum Gasteiger partial charge on any atom is -0.480 e. The van der Waals surface area contributed by atoms with Crippen molar-refractivity contribution < 1.29 is 18.3 Å². The van der Waals surface area contributed by atoms with Gasteiger partial charge >= 0.3 is 5.97 Å². The van der Waals surface area contributed by atoms with Crippen molar-refractivity contribution in [2.75, 3.05) is 0 Å². The fraction of sp³-hybridized carbons (Fsp3) is 0.417. The van der Waals surface area contributed by atoms with Gasteiger partial charge in [0.05, 0.1) is 5.75 Å². The van der Waals surface area contributed by atoms with E-state index in [0.717, 1.165) is 0 Å². The van der Waals surface area contributed by atoms with Crippen molar-refractivity contribution in [3.63, 3.8) is 0 Å². The van der Waals surface area contributed by atoms with E-state index in [4.69, 9.17) is 5.11 Å². The molecule has 1 aromatic rings. The summed E-state index contributed by atoms with van der Waals surface area (Å²) >= 11 is 0. The average Bonchev–Trinajstić information content (AvgIpc) is 2.28. The van der Waals surface area contributed by atoms with Crippen molar-refractivity contribution in [3.05, 3.63) is 35.9 Å². The van der Waals surface area contributed by atoms with Crippen LogP contribution in [0.3, 0.4) is 0 Å². The van der Waals surface area contributed by atoms with E-state index >= 15 is 0 Å². The Kier molecular flexibility index (Phi) is 4.48. The van der Waals surface area contributed by atoms with Crippen molar-refractivity contribution in [3.8, 4) is 0 Å². The Hall–Kier alpha value is -1.40. The second-order valence-electron chi connectivity index (χ2n) is 4.34. The minimum absolute atomic E-state index is 0.177. The predicted molar refractivity (Wildman–Crippen MR) is 68.5 cm³/mol. The Morgan fingerprint density at radius 3 is 2.33 bits per heavy atom. The van der Waals surface area contributed by atoms with Crippen molar-refractivity contribution >= 4 is 16.0 Å². The van der Waals surface area contributed by atoms with Gasteiger partial charge in [-0.2, -0.15) is 4.72 Å². The molecule has 1 aromatic carbocycles. The standard InChI is InChI=1S/C12H17NO4S/c1-3-12(2,11(14)15)13-18(16,17)9-10-7-5-4-6-8-10/h4-8,13H,3,9H2,1-2H3,(H,14,15). The van der Waals surface area contributed by atoms with Gasteiger partial charge in [0, 0.05) is 0 Å². The predicted octanol–water partition coefficient (Wildman–Crippen LogP) is 1.36. The summed E-state index contributed by atoms with van der Waals surface area (Å²) in [5, 5.41) is 9.03. The Morgan fingerprint density at radius 2 is 1.89 bits per heavy atom. The molecule has 100 valence electrons. The van der Waals surface area contributed by atoms with E-state index in [1.165, 1.54) is 6.92 Å². The number of carboxylic acid groups (broad SMARTS) is 1. The van der Waals surface area contributed by atoms with Gasteiger partial charge in [0.25, 0.3) is 0 Å². The Labute approximate surface area is 107 Å². The van der Waals surface area contributed by atoms with Crippen molar-refractivity contribution in [2.24, 2.45) is 0 Å². The van der Waals surface area contributed by atoms with Crippen LogP contribution in [-0.2, 0) is 20.6 Å². The zero-order valence-electron chi connectivity index (χ0n) is 10.4. The molecule has 5 nitrogen and oxygen atoms in total. The number of rotatable bonds is 6. The molecule has 0 aliphatic rings. The van der Waals surface area contributed by atoms with Crippen LogP contribution in [0.5, 0.6) is 0 Å². The molecular weight excluding hydrogens is 254 g/mol. The number of benzene rings is 1. The molecule has 0 aliphatic carbocycles. The van der Waals surface area contributed by atoms with Crippen LogP contribution < -0.4 is 4.72 Å². The maximum Gasteiger partial charge on any atom is 0.324 e. The van der Waals surface area contributed by atoms with Gasteiger partial charge in [-0.1, -0.05) is 37.3 Å². The van der Waals surface area contributed by atoms with E-state index < -0.39 is 21.5 Å². The summed E-state index contributed by atoms with van der Waals surface area (Å²) in [6, 6.07) is 8.63. The zero-order chi connectivity index (χ0) is 13.8. The van der Waals surface area contributed by atoms with Crippen LogP contribution in [0.25, 0.3) is 0 Å². The molecule has 0 radical (unpaired) electrons. The zero-order valence-corrected chi connectivity index (χ0v) is 11.2. The lowest BCUT2D eigenvalue weighted by atomic mass is 10.0. The fourth-order valence-corrected chi connectivity index (χ4v) is 3.06. The minimum atomic E-state index is -3.68. The second-order valence-corrected chi connectivity index (χ2v) is 6.06. The van der Waals surface area contributed by atoms with Gasteiger partial charge in [-0.15, -0.1) is 0 Å². The molecule has 1 unspecified atom stereocenters. The number of carbonyl (C=O) groups is 1. The van der Waals surface area contributed by atoms with Crippen LogP contribution in [0.2, 0.25) is 0 Å². The van der Waals surface area contributed by atoms with E-state index in [-0.39, 0.29) is 12.2 Å². The maximum atomic E-state index is 11.9. The number of aliphatic carboxylic acids is 1. The van der Waals surface area contributed by atoms with Crippen LogP contribution in [0.4, 0.5) is 0 Å². The molecule has 0 fully saturated rings. The number of carboxylic acids is 1. The fourth-order valence-electron chi connectivity index (χ4n) is 1.44. The summed E-state index contributed by atoms with van der Waals surface area (Å²) < 4.78 is 26.0. The van der Waals surface area contributed by atoms with Crippen molar-refractivity contribution in [1.29, 1.82) is 0 Å². The third-order valence-corrected chi connectivity index (χ3v) is 4.23. The van der Waals surface area contributed by atoms with Gasteiger partial charge in [-0.25, -0.2) is 8.42 Å². The molecule has 1 rings (SSSR count). The highest BCUT2D eigenvalue weighted by Gasteiger charge is 2.35. The van der Waals surface area contributed by atoms with E-state index in [0.29, 0.717) is 5.56 Å². The molecule has 0 saturated carbocycles. The normalized spacial score (nSPS) is 15.0. The highest BCUT2D eigenvalue weighted by atomic mass is 32.2. The van der Waals surface area contributed by atoms with Crippen molar-refractivity contribution in [1.82, 2.24) is 4.72 Å². The first-order valence-electron chi connectivity index (χ1n) is 5.58. The van der Waals surface area contributed by atoms with Gasteiger partial charge in [-0.3, -0.25) is 4.79 Å². The first-order valence-corrected chi connectivity index (χ1v) is 7.23. The first-order chi connectivity index (χ1) is 8.29. The summed E-state index contributed by atoms with van der Waals surface area (Å²) in [4.78, 5) is 11.1. The third-order valence-electron chi connectivity index (χ3n) is 2.76. The number of hydrogen-bond acceptors (Lipinski definition) is 3. The van der Waals surface area contributed by atoms with E-state index in [2.05, 4.69) is 4.72 Å². The molecule has 1 atom stereocenters. The van der Waals surface area contributed by atoms with Crippen LogP contribution in [0.1, 0.15) is 25.8 Å². The molecule has 6 heteroatoms. The molecule has 0 bridgehead atoms.